The summed E-state index contributed by atoms with van der Waals surface area (Å²) in [5.41, 5.74) is 1.71. The number of nitrogens with zero attached hydrogens (tertiary/aromatic N) is 4. The van der Waals surface area contributed by atoms with Gasteiger partial charge >= 0.3 is 0 Å². The average Bonchev–Trinajstić information content (AvgIpc) is 3.68. The van der Waals surface area contributed by atoms with Crippen molar-refractivity contribution in [2.45, 2.75) is 11.3 Å². The summed E-state index contributed by atoms with van der Waals surface area (Å²) < 4.78 is 28.9. The normalized spacial score (nSPS) is 11.0. The van der Waals surface area contributed by atoms with Gasteiger partial charge < -0.3 is 35.0 Å². The molecule has 3 aromatic heterocycles. The third-order valence-electron chi connectivity index (χ3n) is 6.93. The fourth-order valence-corrected chi connectivity index (χ4v) is 6.12. The number of anilines is 3. The Hall–Kier alpha value is -5.33. The molecule has 4 N–H and O–H groups in total. The summed E-state index contributed by atoms with van der Waals surface area (Å²) in [6.07, 6.45) is 3.32. The molecule has 16 heteroatoms. The Morgan fingerprint density at radius 3 is 1.91 bits per heavy atom. The number of carbonyl (C=O) groups excluding carboxylic acids is 4. The number of alkyl halides is 1. The molecular formula is C30H31ClN8O6S. The largest absolute Gasteiger partial charge is 0.350 e. The zero-order valence-corrected chi connectivity index (χ0v) is 26.7. The molecule has 0 radical (unpaired) electrons. The van der Waals surface area contributed by atoms with Crippen LogP contribution in [0.5, 0.6) is 0 Å². The summed E-state index contributed by atoms with van der Waals surface area (Å²) in [6.45, 7) is 0.207. The number of rotatable bonds is 12. The van der Waals surface area contributed by atoms with Crippen LogP contribution in [0.3, 0.4) is 0 Å². The molecular weight excluding hydrogens is 636 g/mol. The minimum absolute atomic E-state index is 0.0428. The van der Waals surface area contributed by atoms with E-state index in [0.29, 0.717) is 22.9 Å². The smallest absolute Gasteiger partial charge is 0.272 e. The molecule has 0 aliphatic heterocycles. The minimum Gasteiger partial charge on any atom is -0.350 e. The van der Waals surface area contributed by atoms with Gasteiger partial charge in [0.05, 0.1) is 34.5 Å². The highest BCUT2D eigenvalue weighted by atomic mass is 35.5. The van der Waals surface area contributed by atoms with Crippen molar-refractivity contribution >= 4 is 62.3 Å². The van der Waals surface area contributed by atoms with Gasteiger partial charge in [0.1, 0.15) is 22.9 Å². The number of nitriles is 1. The Morgan fingerprint density at radius 1 is 0.783 bits per heavy atom. The van der Waals surface area contributed by atoms with Crippen molar-refractivity contribution in [3.8, 4) is 6.07 Å². The van der Waals surface area contributed by atoms with E-state index >= 15 is 0 Å². The maximum Gasteiger partial charge on any atom is 0.272 e. The van der Waals surface area contributed by atoms with Crippen molar-refractivity contribution < 1.29 is 27.6 Å². The Kier molecular flexibility index (Phi) is 10.3. The molecule has 0 spiro atoms. The highest BCUT2D eigenvalue weighted by molar-refractivity contribution is 7.91. The van der Waals surface area contributed by atoms with E-state index in [-0.39, 0.29) is 52.4 Å². The fraction of sp³-hybridized carbons (Fsp3) is 0.233. The van der Waals surface area contributed by atoms with Crippen molar-refractivity contribution in [3.63, 3.8) is 0 Å². The molecule has 0 aliphatic rings. The third kappa shape index (κ3) is 7.65. The quantitative estimate of drug-likeness (QED) is 0.132. The summed E-state index contributed by atoms with van der Waals surface area (Å²) in [5, 5.41) is 19.5. The van der Waals surface area contributed by atoms with Crippen LogP contribution < -0.4 is 21.3 Å². The molecule has 0 saturated carbocycles. The van der Waals surface area contributed by atoms with Crippen LogP contribution in [0.2, 0.25) is 0 Å². The molecule has 0 fully saturated rings. The molecule has 1 aromatic carbocycles. The minimum atomic E-state index is -3.54. The number of carbonyl (C=O) groups is 4. The first kappa shape index (κ1) is 33.6. The second kappa shape index (κ2) is 14.2. The SMILES string of the molecule is Cn1cc(NC(=O)c2cc(NC(=O)c3ccc(NC(=O)c4ccc(S(=O)(=O)CCCl)cc4)n3C)cn2C)cc1C(=O)NCCC#N. The number of sulfone groups is 1. The van der Waals surface area contributed by atoms with Crippen LogP contribution in [-0.4, -0.2) is 63.9 Å². The number of aryl methyl sites for hydroxylation is 2. The van der Waals surface area contributed by atoms with Crippen LogP contribution in [-0.2, 0) is 31.0 Å². The standard InChI is InChI=1S/C30H31ClN8O6S/c1-37-17-20(15-24(37)28(41)33-13-4-12-32)35-30(43)25-16-21(18-38(25)2)34-29(42)23-9-10-26(39(23)3)36-27(40)19-5-7-22(8-6-19)46(44,45)14-11-31/h5-10,15-18H,4,11,13-14H2,1-3H3,(H,33,41)(H,34,42)(H,35,43)(H,36,40). The van der Waals surface area contributed by atoms with Gasteiger partial charge in [-0.2, -0.15) is 5.26 Å². The molecule has 4 aromatic rings. The molecule has 0 aliphatic carbocycles. The van der Waals surface area contributed by atoms with Gasteiger partial charge in [-0.05, 0) is 48.5 Å². The van der Waals surface area contributed by atoms with Crippen LogP contribution in [0.15, 0.2) is 65.8 Å². The van der Waals surface area contributed by atoms with E-state index in [1.54, 1.807) is 44.2 Å². The molecule has 14 nitrogen and oxygen atoms in total. The number of benzene rings is 1. The topological polar surface area (TPSA) is 189 Å². The monoisotopic (exact) mass is 666 g/mol. The van der Waals surface area contributed by atoms with Gasteiger partial charge in [-0.25, -0.2) is 8.42 Å². The molecule has 0 bridgehead atoms. The summed E-state index contributed by atoms with van der Waals surface area (Å²) >= 11 is 5.56. The molecule has 46 heavy (non-hydrogen) atoms. The van der Waals surface area contributed by atoms with E-state index in [4.69, 9.17) is 16.9 Å². The summed E-state index contributed by atoms with van der Waals surface area (Å²) in [5.74, 6) is -1.78. The van der Waals surface area contributed by atoms with Crippen molar-refractivity contribution in [2.75, 3.05) is 34.1 Å². The highest BCUT2D eigenvalue weighted by Crippen LogP contribution is 2.20. The molecule has 3 heterocycles. The molecule has 240 valence electrons. The zero-order chi connectivity index (χ0) is 33.6. The predicted octanol–water partition coefficient (Wildman–Crippen LogP) is 3.11. The summed E-state index contributed by atoms with van der Waals surface area (Å²) in [7, 11) is 1.35. The van der Waals surface area contributed by atoms with Crippen LogP contribution in [0.1, 0.15) is 48.2 Å². The molecule has 4 rings (SSSR count). The number of hydrogen-bond acceptors (Lipinski definition) is 7. The van der Waals surface area contributed by atoms with Gasteiger partial charge in [0.25, 0.3) is 23.6 Å². The number of amides is 4. The van der Waals surface area contributed by atoms with Gasteiger partial charge in [-0.15, -0.1) is 11.6 Å². The van der Waals surface area contributed by atoms with E-state index < -0.39 is 27.6 Å². The Morgan fingerprint density at radius 2 is 1.35 bits per heavy atom. The van der Waals surface area contributed by atoms with E-state index in [9.17, 15) is 27.6 Å². The van der Waals surface area contributed by atoms with Gasteiger partial charge in [0, 0.05) is 51.5 Å². The Bertz CT molecular complexity index is 1950. The van der Waals surface area contributed by atoms with E-state index in [2.05, 4.69) is 21.3 Å². The first-order valence-corrected chi connectivity index (χ1v) is 16.0. The van der Waals surface area contributed by atoms with Crippen molar-refractivity contribution in [3.05, 3.63) is 83.6 Å². The Balaban J connectivity index is 1.39. The average molecular weight is 667 g/mol. The van der Waals surface area contributed by atoms with E-state index in [0.717, 1.165) is 0 Å². The van der Waals surface area contributed by atoms with Gasteiger partial charge in [-0.1, -0.05) is 0 Å². The van der Waals surface area contributed by atoms with Crippen LogP contribution >= 0.6 is 11.6 Å². The lowest BCUT2D eigenvalue weighted by molar-refractivity contribution is 0.0944. The van der Waals surface area contributed by atoms with E-state index in [1.165, 1.54) is 51.6 Å². The van der Waals surface area contributed by atoms with E-state index in [1.807, 2.05) is 6.07 Å². The van der Waals surface area contributed by atoms with Gasteiger partial charge in [-0.3, -0.25) is 19.2 Å². The Labute approximate surface area is 269 Å². The van der Waals surface area contributed by atoms with Crippen molar-refractivity contribution in [2.24, 2.45) is 21.1 Å². The number of hydrogen-bond donors (Lipinski definition) is 4. The first-order chi connectivity index (χ1) is 21.8. The van der Waals surface area contributed by atoms with Crippen LogP contribution in [0.25, 0.3) is 0 Å². The highest BCUT2D eigenvalue weighted by Gasteiger charge is 2.20. The number of nitrogens with one attached hydrogen (secondary N) is 4. The lowest BCUT2D eigenvalue weighted by atomic mass is 10.2. The molecule has 0 atom stereocenters. The second-order valence-electron chi connectivity index (χ2n) is 10.2. The third-order valence-corrected chi connectivity index (χ3v) is 9.08. The predicted molar refractivity (Wildman–Crippen MR) is 172 cm³/mol. The zero-order valence-electron chi connectivity index (χ0n) is 25.1. The summed E-state index contributed by atoms with van der Waals surface area (Å²) in [6, 6.07) is 13.5. The van der Waals surface area contributed by atoms with Crippen molar-refractivity contribution in [1.29, 1.82) is 5.26 Å². The van der Waals surface area contributed by atoms with Gasteiger partial charge in [0.2, 0.25) is 0 Å². The fourth-order valence-electron chi connectivity index (χ4n) is 4.52. The molecule has 0 unspecified atom stereocenters. The number of halogens is 1. The van der Waals surface area contributed by atoms with Crippen molar-refractivity contribution in [1.82, 2.24) is 19.0 Å². The van der Waals surface area contributed by atoms with Crippen LogP contribution in [0, 0.1) is 11.3 Å². The lowest BCUT2D eigenvalue weighted by Gasteiger charge is -2.10. The van der Waals surface area contributed by atoms with Gasteiger partial charge in [0.15, 0.2) is 9.84 Å². The first-order valence-electron chi connectivity index (χ1n) is 13.8. The second-order valence-corrected chi connectivity index (χ2v) is 12.7. The summed E-state index contributed by atoms with van der Waals surface area (Å²) in [4.78, 5) is 51.3. The lowest BCUT2D eigenvalue weighted by Crippen LogP contribution is -2.25. The maximum absolute atomic E-state index is 13.1. The number of aromatic nitrogens is 3. The maximum atomic E-state index is 13.1. The molecule has 4 amide bonds. The van der Waals surface area contributed by atoms with Crippen LogP contribution in [0.4, 0.5) is 17.2 Å². The molecule has 0 saturated heterocycles.